The van der Waals surface area contributed by atoms with Crippen LogP contribution in [0.15, 0.2) is 12.7 Å². The summed E-state index contributed by atoms with van der Waals surface area (Å²) in [6.45, 7) is 14.2. The third-order valence-corrected chi connectivity index (χ3v) is 6.88. The van der Waals surface area contributed by atoms with Gasteiger partial charge in [-0.25, -0.2) is 0 Å². The van der Waals surface area contributed by atoms with Crippen LogP contribution < -0.4 is 0 Å². The fourth-order valence-electron chi connectivity index (χ4n) is 4.67. The molecule has 2 aliphatic rings. The molecular formula is C22H41NO. The molecule has 0 atom stereocenters. The van der Waals surface area contributed by atoms with Crippen LogP contribution in [-0.2, 0) is 4.74 Å². The van der Waals surface area contributed by atoms with Crippen LogP contribution in [0, 0.1) is 11.3 Å². The van der Waals surface area contributed by atoms with Gasteiger partial charge in [-0.15, -0.1) is 6.58 Å². The summed E-state index contributed by atoms with van der Waals surface area (Å²) in [7, 11) is 0. The third kappa shape index (κ3) is 5.88. The summed E-state index contributed by atoms with van der Waals surface area (Å²) >= 11 is 0. The number of ether oxygens (including phenoxy) is 1. The molecule has 0 amide bonds. The van der Waals surface area contributed by atoms with Gasteiger partial charge in [0, 0.05) is 19.1 Å². The van der Waals surface area contributed by atoms with E-state index in [0.29, 0.717) is 11.5 Å². The molecule has 2 heteroatoms. The number of nitrogens with zero attached hydrogens (tertiary/aromatic N) is 1. The lowest BCUT2D eigenvalue weighted by atomic mass is 9.69. The van der Waals surface area contributed by atoms with Crippen molar-refractivity contribution in [3.05, 3.63) is 12.7 Å². The van der Waals surface area contributed by atoms with Crippen molar-refractivity contribution in [2.75, 3.05) is 19.7 Å². The SMILES string of the molecule is C=CCN(CCOC1CCC(C(C)(C)CC)CC1)C1CCCCC1. The Morgan fingerprint density at radius 1 is 1.04 bits per heavy atom. The van der Waals surface area contributed by atoms with Gasteiger partial charge in [-0.3, -0.25) is 4.90 Å². The van der Waals surface area contributed by atoms with E-state index in [1.54, 1.807) is 0 Å². The lowest BCUT2D eigenvalue weighted by Crippen LogP contribution is -2.40. The highest BCUT2D eigenvalue weighted by atomic mass is 16.5. The Kier molecular flexibility index (Phi) is 8.30. The monoisotopic (exact) mass is 335 g/mol. The Bertz CT molecular complexity index is 351. The van der Waals surface area contributed by atoms with Gasteiger partial charge < -0.3 is 4.74 Å². The average molecular weight is 336 g/mol. The molecule has 2 fully saturated rings. The van der Waals surface area contributed by atoms with Crippen LogP contribution >= 0.6 is 0 Å². The first-order valence-electron chi connectivity index (χ1n) is 10.5. The molecule has 0 aromatic rings. The maximum Gasteiger partial charge on any atom is 0.0597 e. The van der Waals surface area contributed by atoms with E-state index >= 15 is 0 Å². The van der Waals surface area contributed by atoms with Gasteiger partial charge in [-0.2, -0.15) is 0 Å². The summed E-state index contributed by atoms with van der Waals surface area (Å²) in [6, 6.07) is 0.765. The van der Waals surface area contributed by atoms with Gasteiger partial charge >= 0.3 is 0 Å². The second-order valence-electron chi connectivity index (χ2n) is 8.76. The molecular weight excluding hydrogens is 294 g/mol. The molecule has 0 radical (unpaired) electrons. The Morgan fingerprint density at radius 2 is 1.71 bits per heavy atom. The summed E-state index contributed by atoms with van der Waals surface area (Å²) in [6.07, 6.45) is 16.0. The van der Waals surface area contributed by atoms with Crippen LogP contribution in [0.25, 0.3) is 0 Å². The molecule has 2 aliphatic carbocycles. The minimum atomic E-state index is 0.505. The molecule has 2 rings (SSSR count). The predicted octanol–water partition coefficient (Wildman–Crippen LogP) is 5.82. The van der Waals surface area contributed by atoms with Crippen molar-refractivity contribution in [3.63, 3.8) is 0 Å². The van der Waals surface area contributed by atoms with Gasteiger partial charge in [0.1, 0.15) is 0 Å². The highest BCUT2D eigenvalue weighted by Crippen LogP contribution is 2.40. The molecule has 0 spiro atoms. The zero-order valence-corrected chi connectivity index (χ0v) is 16.6. The smallest absolute Gasteiger partial charge is 0.0597 e. The van der Waals surface area contributed by atoms with E-state index in [4.69, 9.17) is 4.74 Å². The Labute approximate surface area is 151 Å². The van der Waals surface area contributed by atoms with Crippen LogP contribution in [0.5, 0.6) is 0 Å². The highest BCUT2D eigenvalue weighted by molar-refractivity contribution is 4.84. The third-order valence-electron chi connectivity index (χ3n) is 6.88. The standard InChI is InChI=1S/C22H41NO/c1-5-16-23(20-10-8-7-9-11-20)17-18-24-21-14-12-19(13-15-21)22(3,4)6-2/h5,19-21H,1,6-18H2,2-4H3. The van der Waals surface area contributed by atoms with E-state index in [-0.39, 0.29) is 0 Å². The molecule has 0 saturated heterocycles. The zero-order valence-electron chi connectivity index (χ0n) is 16.6. The van der Waals surface area contributed by atoms with Crippen molar-refractivity contribution in [2.24, 2.45) is 11.3 Å². The topological polar surface area (TPSA) is 12.5 Å². The molecule has 0 N–H and O–H groups in total. The van der Waals surface area contributed by atoms with Gasteiger partial charge in [0.15, 0.2) is 0 Å². The maximum atomic E-state index is 6.27. The van der Waals surface area contributed by atoms with Gasteiger partial charge in [0.25, 0.3) is 0 Å². The van der Waals surface area contributed by atoms with Gasteiger partial charge in [-0.05, 0) is 49.9 Å². The fraction of sp³-hybridized carbons (Fsp3) is 0.909. The molecule has 2 saturated carbocycles. The van der Waals surface area contributed by atoms with Crippen molar-refractivity contribution in [3.8, 4) is 0 Å². The molecule has 0 bridgehead atoms. The second-order valence-corrected chi connectivity index (χ2v) is 8.76. The van der Waals surface area contributed by atoms with Crippen molar-refractivity contribution in [1.29, 1.82) is 0 Å². The highest BCUT2D eigenvalue weighted by Gasteiger charge is 2.32. The first kappa shape index (κ1) is 20.0. The van der Waals surface area contributed by atoms with E-state index in [0.717, 1.165) is 31.7 Å². The fourth-order valence-corrected chi connectivity index (χ4v) is 4.67. The van der Waals surface area contributed by atoms with E-state index in [1.165, 1.54) is 64.2 Å². The molecule has 0 aromatic carbocycles. The average Bonchev–Trinajstić information content (AvgIpc) is 2.62. The van der Waals surface area contributed by atoms with Crippen LogP contribution in [0.2, 0.25) is 0 Å². The summed E-state index contributed by atoms with van der Waals surface area (Å²) in [5, 5.41) is 0. The summed E-state index contributed by atoms with van der Waals surface area (Å²) < 4.78 is 6.27. The molecule has 0 unspecified atom stereocenters. The van der Waals surface area contributed by atoms with Crippen LogP contribution in [-0.4, -0.2) is 36.7 Å². The number of rotatable bonds is 9. The molecule has 0 heterocycles. The predicted molar refractivity (Wildman–Crippen MR) is 104 cm³/mol. The van der Waals surface area contributed by atoms with Crippen LogP contribution in [0.4, 0.5) is 0 Å². The lowest BCUT2D eigenvalue weighted by Gasteiger charge is -2.39. The Balaban J connectivity index is 1.68. The van der Waals surface area contributed by atoms with E-state index in [2.05, 4.69) is 38.3 Å². The van der Waals surface area contributed by atoms with Gasteiger partial charge in [0.05, 0.1) is 12.7 Å². The Morgan fingerprint density at radius 3 is 2.29 bits per heavy atom. The van der Waals surface area contributed by atoms with Crippen molar-refractivity contribution in [2.45, 2.75) is 97.1 Å². The summed E-state index contributed by atoms with van der Waals surface area (Å²) in [5.74, 6) is 0.891. The minimum absolute atomic E-state index is 0.505. The van der Waals surface area contributed by atoms with E-state index in [1.807, 2.05) is 0 Å². The summed E-state index contributed by atoms with van der Waals surface area (Å²) in [4.78, 5) is 2.61. The number of hydrogen-bond donors (Lipinski definition) is 0. The number of hydrogen-bond acceptors (Lipinski definition) is 2. The first-order chi connectivity index (χ1) is 11.6. The quantitative estimate of drug-likeness (QED) is 0.492. The van der Waals surface area contributed by atoms with Gasteiger partial charge in [-0.1, -0.05) is 52.5 Å². The normalized spacial score (nSPS) is 26.7. The molecule has 24 heavy (non-hydrogen) atoms. The molecule has 0 aromatic heterocycles. The van der Waals surface area contributed by atoms with Crippen LogP contribution in [0.1, 0.15) is 85.0 Å². The maximum absolute atomic E-state index is 6.27. The van der Waals surface area contributed by atoms with E-state index in [9.17, 15) is 0 Å². The van der Waals surface area contributed by atoms with Crippen molar-refractivity contribution in [1.82, 2.24) is 4.90 Å². The van der Waals surface area contributed by atoms with Crippen molar-refractivity contribution >= 4 is 0 Å². The minimum Gasteiger partial charge on any atom is -0.377 e. The first-order valence-corrected chi connectivity index (χ1v) is 10.5. The molecule has 140 valence electrons. The second kappa shape index (κ2) is 9.97. The Hall–Kier alpha value is -0.340. The van der Waals surface area contributed by atoms with Crippen LogP contribution in [0.3, 0.4) is 0 Å². The van der Waals surface area contributed by atoms with Gasteiger partial charge in [0.2, 0.25) is 0 Å². The lowest BCUT2D eigenvalue weighted by molar-refractivity contribution is -0.0117. The van der Waals surface area contributed by atoms with E-state index < -0.39 is 0 Å². The van der Waals surface area contributed by atoms with Crippen molar-refractivity contribution < 1.29 is 4.74 Å². The molecule has 0 aliphatic heterocycles. The largest absolute Gasteiger partial charge is 0.377 e. The summed E-state index contributed by atoms with van der Waals surface area (Å²) in [5.41, 5.74) is 0.507. The molecule has 2 nitrogen and oxygen atoms in total. The zero-order chi connectivity index (χ0) is 17.4.